The minimum absolute atomic E-state index is 0.0302. The highest BCUT2D eigenvalue weighted by atomic mass is 32.2. The first-order valence-corrected chi connectivity index (χ1v) is 8.89. The molecule has 0 aliphatic rings. The number of benzene rings is 2. The van der Waals surface area contributed by atoms with Gasteiger partial charge < -0.3 is 0 Å². The third kappa shape index (κ3) is 3.90. The summed E-state index contributed by atoms with van der Waals surface area (Å²) in [4.78, 5) is 14.1. The minimum Gasteiger partial charge on any atom is -0.273 e. The maximum absolute atomic E-state index is 14.0. The van der Waals surface area contributed by atoms with E-state index in [4.69, 9.17) is 0 Å². The van der Waals surface area contributed by atoms with Crippen molar-refractivity contribution >= 4 is 15.9 Å². The molecule has 0 saturated heterocycles. The summed E-state index contributed by atoms with van der Waals surface area (Å²) in [6.07, 6.45) is 2.93. The van der Waals surface area contributed by atoms with Gasteiger partial charge in [0.25, 0.3) is 15.9 Å². The standard InChI is InChI=1S/C17H13FN4O3S/c18-16-7-6-12(13-8-9-19-20-11-13)10-15(16)17(23)21-22-26(24,25)14-4-2-1-3-5-14/h1-11,22H,(H,21,23). The molecule has 0 fully saturated rings. The Bertz CT molecular complexity index is 1030. The van der Waals surface area contributed by atoms with Gasteiger partial charge in [0.2, 0.25) is 0 Å². The number of hydrazine groups is 1. The van der Waals surface area contributed by atoms with E-state index in [0.29, 0.717) is 11.1 Å². The van der Waals surface area contributed by atoms with Gasteiger partial charge in [-0.2, -0.15) is 10.2 Å². The summed E-state index contributed by atoms with van der Waals surface area (Å²) < 4.78 is 38.2. The second kappa shape index (κ2) is 7.38. The van der Waals surface area contributed by atoms with Crippen molar-refractivity contribution in [3.63, 3.8) is 0 Å². The Morgan fingerprint density at radius 2 is 1.73 bits per heavy atom. The topological polar surface area (TPSA) is 101 Å². The molecule has 0 aliphatic heterocycles. The van der Waals surface area contributed by atoms with Gasteiger partial charge >= 0.3 is 0 Å². The predicted molar refractivity (Wildman–Crippen MR) is 91.7 cm³/mol. The summed E-state index contributed by atoms with van der Waals surface area (Å²) in [5.41, 5.74) is 2.88. The van der Waals surface area contributed by atoms with E-state index in [0.717, 1.165) is 6.07 Å². The van der Waals surface area contributed by atoms with Crippen LogP contribution in [0.4, 0.5) is 4.39 Å². The molecule has 3 aromatic rings. The lowest BCUT2D eigenvalue weighted by Gasteiger charge is -2.10. The highest BCUT2D eigenvalue weighted by Crippen LogP contribution is 2.21. The first-order chi connectivity index (χ1) is 12.5. The maximum Gasteiger partial charge on any atom is 0.269 e. The van der Waals surface area contributed by atoms with Crippen molar-refractivity contribution < 1.29 is 17.6 Å². The predicted octanol–water partition coefficient (Wildman–Crippen LogP) is 1.91. The van der Waals surface area contributed by atoms with Crippen LogP contribution >= 0.6 is 0 Å². The number of sulfonamides is 1. The van der Waals surface area contributed by atoms with Crippen molar-refractivity contribution in [2.24, 2.45) is 0 Å². The molecule has 0 bridgehead atoms. The van der Waals surface area contributed by atoms with Crippen molar-refractivity contribution in [1.29, 1.82) is 0 Å². The number of amides is 1. The van der Waals surface area contributed by atoms with Crippen LogP contribution in [0.1, 0.15) is 10.4 Å². The summed E-state index contributed by atoms with van der Waals surface area (Å²) in [7, 11) is -3.96. The van der Waals surface area contributed by atoms with Crippen LogP contribution in [0.5, 0.6) is 0 Å². The van der Waals surface area contributed by atoms with Gasteiger partial charge in [0.1, 0.15) is 5.82 Å². The number of carbonyl (C=O) groups is 1. The molecule has 1 heterocycles. The summed E-state index contributed by atoms with van der Waals surface area (Å²) in [6, 6.07) is 13.0. The molecule has 0 spiro atoms. The molecule has 2 N–H and O–H groups in total. The zero-order valence-electron chi connectivity index (χ0n) is 13.3. The van der Waals surface area contributed by atoms with Crippen molar-refractivity contribution in [1.82, 2.24) is 20.5 Å². The van der Waals surface area contributed by atoms with Gasteiger partial charge in [0.15, 0.2) is 0 Å². The monoisotopic (exact) mass is 372 g/mol. The molecule has 0 atom stereocenters. The van der Waals surface area contributed by atoms with Crippen LogP contribution in [0.25, 0.3) is 11.1 Å². The molecule has 26 heavy (non-hydrogen) atoms. The van der Waals surface area contributed by atoms with Crippen molar-refractivity contribution in [2.75, 3.05) is 0 Å². The molecule has 0 unspecified atom stereocenters. The van der Waals surface area contributed by atoms with Gasteiger partial charge in [-0.25, -0.2) is 12.8 Å². The van der Waals surface area contributed by atoms with E-state index in [1.165, 1.54) is 36.7 Å². The number of nitrogens with zero attached hydrogens (tertiary/aromatic N) is 2. The number of hydrogen-bond donors (Lipinski definition) is 2. The first-order valence-electron chi connectivity index (χ1n) is 7.41. The number of hydrogen-bond acceptors (Lipinski definition) is 5. The molecule has 3 rings (SSSR count). The summed E-state index contributed by atoms with van der Waals surface area (Å²) in [5.74, 6) is -1.71. The van der Waals surface area contributed by atoms with Crippen molar-refractivity contribution in [2.45, 2.75) is 4.90 Å². The quantitative estimate of drug-likeness (QED) is 0.666. The second-order valence-electron chi connectivity index (χ2n) is 5.20. The van der Waals surface area contributed by atoms with Crippen LogP contribution in [0.3, 0.4) is 0 Å². The number of carbonyl (C=O) groups excluding carboxylic acids is 1. The summed E-state index contributed by atoms with van der Waals surface area (Å²) in [6.45, 7) is 0. The molecule has 7 nitrogen and oxygen atoms in total. The van der Waals surface area contributed by atoms with Gasteiger partial charge in [-0.05, 0) is 35.9 Å². The average Bonchev–Trinajstić information content (AvgIpc) is 2.68. The van der Waals surface area contributed by atoms with Gasteiger partial charge in [-0.15, -0.1) is 4.83 Å². The summed E-state index contributed by atoms with van der Waals surface area (Å²) in [5, 5.41) is 7.38. The lowest BCUT2D eigenvalue weighted by molar-refractivity contribution is 0.0941. The Labute approximate surface area is 148 Å². The highest BCUT2D eigenvalue weighted by molar-refractivity contribution is 7.89. The molecule has 1 aromatic heterocycles. The number of rotatable bonds is 5. The van der Waals surface area contributed by atoms with E-state index < -0.39 is 21.7 Å². The normalized spacial score (nSPS) is 11.1. The van der Waals surface area contributed by atoms with Gasteiger partial charge in [0, 0.05) is 5.56 Å². The molecular weight excluding hydrogens is 359 g/mol. The molecule has 132 valence electrons. The van der Waals surface area contributed by atoms with Crippen LogP contribution in [0.15, 0.2) is 71.9 Å². The lowest BCUT2D eigenvalue weighted by atomic mass is 10.0. The van der Waals surface area contributed by atoms with Crippen LogP contribution in [0, 0.1) is 5.82 Å². The Morgan fingerprint density at radius 1 is 0.962 bits per heavy atom. The molecule has 0 radical (unpaired) electrons. The fourth-order valence-electron chi connectivity index (χ4n) is 2.18. The third-order valence-corrected chi connectivity index (χ3v) is 4.74. The van der Waals surface area contributed by atoms with E-state index in [2.05, 4.69) is 10.2 Å². The lowest BCUT2D eigenvalue weighted by Crippen LogP contribution is -2.41. The minimum atomic E-state index is -3.96. The summed E-state index contributed by atoms with van der Waals surface area (Å²) >= 11 is 0. The van der Waals surface area contributed by atoms with E-state index in [-0.39, 0.29) is 10.5 Å². The van der Waals surface area contributed by atoms with E-state index in [9.17, 15) is 17.6 Å². The fraction of sp³-hybridized carbons (Fsp3) is 0. The SMILES string of the molecule is O=C(NNS(=O)(=O)c1ccccc1)c1cc(-c2ccnnc2)ccc1F. The molecule has 2 aromatic carbocycles. The van der Waals surface area contributed by atoms with E-state index in [1.54, 1.807) is 24.3 Å². The average molecular weight is 372 g/mol. The van der Waals surface area contributed by atoms with Crippen LogP contribution in [-0.4, -0.2) is 24.5 Å². The van der Waals surface area contributed by atoms with Gasteiger partial charge in [-0.1, -0.05) is 24.3 Å². The van der Waals surface area contributed by atoms with Crippen molar-refractivity contribution in [3.8, 4) is 11.1 Å². The van der Waals surface area contributed by atoms with Gasteiger partial charge in [0.05, 0.1) is 22.9 Å². The van der Waals surface area contributed by atoms with Gasteiger partial charge in [-0.3, -0.25) is 10.2 Å². The maximum atomic E-state index is 14.0. The zero-order valence-corrected chi connectivity index (χ0v) is 14.1. The Balaban J connectivity index is 1.80. The van der Waals surface area contributed by atoms with Crippen molar-refractivity contribution in [3.05, 3.63) is 78.4 Å². The largest absolute Gasteiger partial charge is 0.273 e. The number of aromatic nitrogens is 2. The smallest absolute Gasteiger partial charge is 0.269 e. The number of halogens is 1. The Morgan fingerprint density at radius 3 is 2.42 bits per heavy atom. The Kier molecular flexibility index (Phi) is 5.01. The third-order valence-electron chi connectivity index (χ3n) is 3.48. The molecule has 9 heteroatoms. The second-order valence-corrected chi connectivity index (χ2v) is 6.88. The molecular formula is C17H13FN4O3S. The highest BCUT2D eigenvalue weighted by Gasteiger charge is 2.18. The van der Waals surface area contributed by atoms with Crippen LogP contribution in [0.2, 0.25) is 0 Å². The molecule has 0 saturated carbocycles. The van der Waals surface area contributed by atoms with E-state index in [1.807, 2.05) is 10.3 Å². The fourth-order valence-corrected chi connectivity index (χ4v) is 3.04. The molecule has 0 aliphatic carbocycles. The van der Waals surface area contributed by atoms with Crippen LogP contribution < -0.4 is 10.3 Å². The number of nitrogens with one attached hydrogen (secondary N) is 2. The molecule has 1 amide bonds. The Hall–Kier alpha value is -3.17. The van der Waals surface area contributed by atoms with E-state index >= 15 is 0 Å². The van der Waals surface area contributed by atoms with Crippen LogP contribution in [-0.2, 0) is 10.0 Å². The first kappa shape index (κ1) is 17.6. The zero-order chi connectivity index (χ0) is 18.6.